The molecule has 0 fully saturated rings. The summed E-state index contributed by atoms with van der Waals surface area (Å²) >= 11 is 1.42. The van der Waals surface area contributed by atoms with E-state index in [2.05, 4.69) is 0 Å². The monoisotopic (exact) mass is 187 g/mol. The lowest BCUT2D eigenvalue weighted by Crippen LogP contribution is -1.71. The van der Waals surface area contributed by atoms with E-state index in [4.69, 9.17) is 0 Å². The predicted octanol–water partition coefficient (Wildman–Crippen LogP) is 2.87. The Morgan fingerprint density at radius 3 is 2.46 bits per heavy atom. The van der Waals surface area contributed by atoms with E-state index < -0.39 is 0 Å². The average Bonchev–Trinajstić information content (AvgIpc) is 2.67. The van der Waals surface area contributed by atoms with Crippen LogP contribution in [0.2, 0.25) is 0 Å². The molecular formula is C11H7OS. The van der Waals surface area contributed by atoms with E-state index in [1.165, 1.54) is 11.3 Å². The summed E-state index contributed by atoms with van der Waals surface area (Å²) in [6.45, 7) is 0. The first-order chi connectivity index (χ1) is 6.40. The number of rotatable bonds is 2. The van der Waals surface area contributed by atoms with Gasteiger partial charge >= 0.3 is 0 Å². The third kappa shape index (κ3) is 1.68. The lowest BCUT2D eigenvalue weighted by molar-refractivity contribution is 0.563. The van der Waals surface area contributed by atoms with Gasteiger partial charge in [0, 0.05) is 0 Å². The molecule has 0 bridgehead atoms. The highest BCUT2D eigenvalue weighted by molar-refractivity contribution is 7.12. The minimum absolute atomic E-state index is 0.652. The Hall–Kier alpha value is -1.41. The first-order valence-corrected chi connectivity index (χ1v) is 4.80. The van der Waals surface area contributed by atoms with E-state index in [-0.39, 0.29) is 0 Å². The van der Waals surface area contributed by atoms with E-state index in [0.29, 0.717) is 4.88 Å². The standard InChI is InChI=1S/C11H7OS/c12-7-11-6-10(8-13-11)9-4-2-1-3-5-9/h1-6,8H. The molecule has 1 aromatic heterocycles. The zero-order chi connectivity index (χ0) is 9.10. The molecule has 63 valence electrons. The Kier molecular flexibility index (Phi) is 2.23. The van der Waals surface area contributed by atoms with Gasteiger partial charge < -0.3 is 0 Å². The SMILES string of the molecule is O=[C]c1cc(-c2ccccc2)cs1. The Labute approximate surface area is 80.7 Å². The molecule has 1 radical (unpaired) electrons. The highest BCUT2D eigenvalue weighted by Gasteiger charge is 2.00. The number of benzene rings is 1. The predicted molar refractivity (Wildman–Crippen MR) is 54.6 cm³/mol. The maximum absolute atomic E-state index is 10.3. The summed E-state index contributed by atoms with van der Waals surface area (Å²) in [4.78, 5) is 11.0. The Morgan fingerprint density at radius 1 is 1.08 bits per heavy atom. The molecule has 0 aliphatic rings. The fraction of sp³-hybridized carbons (Fsp3) is 0. The molecule has 1 heterocycles. The summed E-state index contributed by atoms with van der Waals surface area (Å²) < 4.78 is 0. The zero-order valence-electron chi connectivity index (χ0n) is 6.86. The summed E-state index contributed by atoms with van der Waals surface area (Å²) in [7, 11) is 0. The number of thiophene rings is 1. The lowest BCUT2D eigenvalue weighted by atomic mass is 10.1. The highest BCUT2D eigenvalue weighted by atomic mass is 32.1. The van der Waals surface area contributed by atoms with Crippen LogP contribution in [0.1, 0.15) is 4.88 Å². The van der Waals surface area contributed by atoms with Crippen LogP contribution in [-0.2, 0) is 4.79 Å². The Bertz CT molecular complexity index is 403. The van der Waals surface area contributed by atoms with E-state index in [9.17, 15) is 4.79 Å². The molecule has 2 heteroatoms. The number of carbonyl (C=O) groups excluding carboxylic acids is 1. The molecule has 0 saturated heterocycles. The van der Waals surface area contributed by atoms with Crippen molar-refractivity contribution in [3.8, 4) is 11.1 Å². The number of hydrogen-bond acceptors (Lipinski definition) is 2. The smallest absolute Gasteiger partial charge is 0.244 e. The van der Waals surface area contributed by atoms with Gasteiger partial charge in [-0.2, -0.15) is 0 Å². The zero-order valence-corrected chi connectivity index (χ0v) is 7.67. The molecule has 0 spiro atoms. The lowest BCUT2D eigenvalue weighted by Gasteiger charge is -1.93. The molecule has 0 N–H and O–H groups in total. The van der Waals surface area contributed by atoms with Crippen molar-refractivity contribution in [2.45, 2.75) is 0 Å². The van der Waals surface area contributed by atoms with Crippen LogP contribution < -0.4 is 0 Å². The van der Waals surface area contributed by atoms with Crippen LogP contribution in [0.4, 0.5) is 0 Å². The molecular weight excluding hydrogens is 180 g/mol. The maximum atomic E-state index is 10.3. The van der Waals surface area contributed by atoms with Crippen molar-refractivity contribution in [1.29, 1.82) is 0 Å². The summed E-state index contributed by atoms with van der Waals surface area (Å²) in [6.07, 6.45) is 1.89. The van der Waals surface area contributed by atoms with Gasteiger partial charge in [0.1, 0.15) is 0 Å². The maximum Gasteiger partial charge on any atom is 0.244 e. The van der Waals surface area contributed by atoms with Gasteiger partial charge in [-0.25, -0.2) is 0 Å². The Morgan fingerprint density at radius 2 is 1.85 bits per heavy atom. The third-order valence-electron chi connectivity index (χ3n) is 1.81. The molecule has 0 aliphatic heterocycles. The molecule has 0 amide bonds. The van der Waals surface area contributed by atoms with Crippen molar-refractivity contribution in [3.63, 3.8) is 0 Å². The summed E-state index contributed by atoms with van der Waals surface area (Å²) in [5.41, 5.74) is 2.23. The first kappa shape index (κ1) is 8.20. The van der Waals surface area contributed by atoms with Crippen LogP contribution in [-0.4, -0.2) is 6.29 Å². The van der Waals surface area contributed by atoms with Gasteiger partial charge in [-0.1, -0.05) is 30.3 Å². The summed E-state index contributed by atoms with van der Waals surface area (Å²) in [6, 6.07) is 11.8. The van der Waals surface area contributed by atoms with Crippen LogP contribution in [0.3, 0.4) is 0 Å². The summed E-state index contributed by atoms with van der Waals surface area (Å²) in [5, 5.41) is 1.97. The van der Waals surface area contributed by atoms with E-state index >= 15 is 0 Å². The third-order valence-corrected chi connectivity index (χ3v) is 2.63. The van der Waals surface area contributed by atoms with Crippen molar-refractivity contribution in [3.05, 3.63) is 46.7 Å². The molecule has 0 aliphatic carbocycles. The fourth-order valence-corrected chi connectivity index (χ4v) is 1.87. The molecule has 0 unspecified atom stereocenters. The van der Waals surface area contributed by atoms with E-state index in [1.807, 2.05) is 48.1 Å². The minimum Gasteiger partial charge on any atom is -0.284 e. The van der Waals surface area contributed by atoms with Crippen molar-refractivity contribution in [2.75, 3.05) is 0 Å². The Balaban J connectivity index is 2.41. The van der Waals surface area contributed by atoms with Crippen LogP contribution in [0, 0.1) is 0 Å². The molecule has 2 aromatic rings. The van der Waals surface area contributed by atoms with Crippen molar-refractivity contribution in [1.82, 2.24) is 0 Å². The highest BCUT2D eigenvalue weighted by Crippen LogP contribution is 2.23. The second kappa shape index (κ2) is 3.54. The van der Waals surface area contributed by atoms with Crippen LogP contribution in [0.5, 0.6) is 0 Å². The molecule has 1 nitrogen and oxygen atoms in total. The van der Waals surface area contributed by atoms with Crippen LogP contribution >= 0.6 is 11.3 Å². The van der Waals surface area contributed by atoms with Crippen LogP contribution in [0.25, 0.3) is 11.1 Å². The van der Waals surface area contributed by atoms with Crippen molar-refractivity contribution in [2.24, 2.45) is 0 Å². The minimum atomic E-state index is 0.652. The van der Waals surface area contributed by atoms with Crippen LogP contribution in [0.15, 0.2) is 41.8 Å². The van der Waals surface area contributed by atoms with E-state index in [0.717, 1.165) is 11.1 Å². The van der Waals surface area contributed by atoms with Gasteiger partial charge in [0.2, 0.25) is 6.29 Å². The largest absolute Gasteiger partial charge is 0.284 e. The quantitative estimate of drug-likeness (QED) is 0.706. The second-order valence-electron chi connectivity index (χ2n) is 2.67. The van der Waals surface area contributed by atoms with Crippen molar-refractivity contribution < 1.29 is 4.79 Å². The van der Waals surface area contributed by atoms with Gasteiger partial charge in [-0.15, -0.1) is 11.3 Å². The molecule has 0 saturated carbocycles. The van der Waals surface area contributed by atoms with Gasteiger partial charge in [0.15, 0.2) is 0 Å². The molecule has 1 aromatic carbocycles. The fourth-order valence-electron chi connectivity index (χ4n) is 1.17. The molecule has 13 heavy (non-hydrogen) atoms. The number of hydrogen-bond donors (Lipinski definition) is 0. The van der Waals surface area contributed by atoms with Gasteiger partial charge in [0.25, 0.3) is 0 Å². The average molecular weight is 187 g/mol. The second-order valence-corrected chi connectivity index (χ2v) is 3.58. The normalized spacial score (nSPS) is 9.85. The van der Waals surface area contributed by atoms with Gasteiger partial charge in [0.05, 0.1) is 4.88 Å². The first-order valence-electron chi connectivity index (χ1n) is 3.92. The molecule has 0 atom stereocenters. The topological polar surface area (TPSA) is 17.1 Å². The summed E-state index contributed by atoms with van der Waals surface area (Å²) in [5.74, 6) is 0. The molecule has 2 rings (SSSR count). The van der Waals surface area contributed by atoms with E-state index in [1.54, 1.807) is 0 Å². The van der Waals surface area contributed by atoms with Gasteiger partial charge in [-0.05, 0) is 22.6 Å². The van der Waals surface area contributed by atoms with Crippen molar-refractivity contribution >= 4 is 17.6 Å². The van der Waals surface area contributed by atoms with Gasteiger partial charge in [-0.3, -0.25) is 4.79 Å².